The molecule has 3 heteroatoms. The average molecular weight is 146 g/mol. The van der Waals surface area contributed by atoms with Crippen LogP contribution in [0.15, 0.2) is 0 Å². The summed E-state index contributed by atoms with van der Waals surface area (Å²) >= 11 is 0. The van der Waals surface area contributed by atoms with Gasteiger partial charge in [-0.05, 0) is 19.8 Å². The summed E-state index contributed by atoms with van der Waals surface area (Å²) in [5, 5.41) is 17.9. The van der Waals surface area contributed by atoms with Crippen LogP contribution in [0.2, 0.25) is 0 Å². The number of hydrogen-bond acceptors (Lipinski definition) is 3. The molecule has 1 saturated heterocycles. The summed E-state index contributed by atoms with van der Waals surface area (Å²) in [7, 11) is 0. The lowest BCUT2D eigenvalue weighted by Gasteiger charge is -2.30. The van der Waals surface area contributed by atoms with Crippen molar-refractivity contribution >= 4 is 0 Å². The molecule has 0 bridgehead atoms. The number of hydrogen-bond donors (Lipinski definition) is 2. The molecule has 3 atom stereocenters. The number of aliphatic hydroxyl groups is 2. The Kier molecular flexibility index (Phi) is 2.65. The Hall–Kier alpha value is -0.120. The average Bonchev–Trinajstić information content (AvgIpc) is 1.95. The summed E-state index contributed by atoms with van der Waals surface area (Å²) in [6, 6.07) is 0. The van der Waals surface area contributed by atoms with Gasteiger partial charge < -0.3 is 14.9 Å². The first kappa shape index (κ1) is 7.98. The standard InChI is InChI=1S/C7H14O3/c1-5-7(9)3-2-6(4-8)10-5/h5-9H,2-4H2,1H3/t5-,6-,7+/m1/s1. The first-order valence-corrected chi connectivity index (χ1v) is 3.68. The third kappa shape index (κ3) is 1.68. The van der Waals surface area contributed by atoms with E-state index in [9.17, 15) is 5.11 Å². The summed E-state index contributed by atoms with van der Waals surface area (Å²) in [6.45, 7) is 1.89. The number of rotatable bonds is 1. The molecule has 0 aromatic heterocycles. The zero-order chi connectivity index (χ0) is 7.56. The highest BCUT2D eigenvalue weighted by Crippen LogP contribution is 2.18. The van der Waals surface area contributed by atoms with E-state index in [1.165, 1.54) is 0 Å². The SMILES string of the molecule is C[C@H]1O[C@@H](CO)CC[C@@H]1O. The van der Waals surface area contributed by atoms with Crippen LogP contribution in [0.3, 0.4) is 0 Å². The maximum absolute atomic E-state index is 9.18. The van der Waals surface area contributed by atoms with E-state index in [0.29, 0.717) is 0 Å². The second-order valence-electron chi connectivity index (χ2n) is 2.79. The lowest BCUT2D eigenvalue weighted by atomic mass is 10.0. The minimum absolute atomic E-state index is 0.0570. The first-order chi connectivity index (χ1) is 4.74. The van der Waals surface area contributed by atoms with Crippen LogP contribution >= 0.6 is 0 Å². The summed E-state index contributed by atoms with van der Waals surface area (Å²) in [4.78, 5) is 0. The first-order valence-electron chi connectivity index (χ1n) is 3.68. The lowest BCUT2D eigenvalue weighted by molar-refractivity contribution is -0.121. The Balaban J connectivity index is 2.33. The zero-order valence-corrected chi connectivity index (χ0v) is 6.16. The summed E-state index contributed by atoms with van der Waals surface area (Å²) < 4.78 is 5.25. The maximum Gasteiger partial charge on any atom is 0.0811 e. The molecule has 0 aromatic carbocycles. The van der Waals surface area contributed by atoms with E-state index < -0.39 is 0 Å². The Bertz CT molecular complexity index is 105. The lowest BCUT2D eigenvalue weighted by Crippen LogP contribution is -2.38. The van der Waals surface area contributed by atoms with E-state index in [-0.39, 0.29) is 24.9 Å². The van der Waals surface area contributed by atoms with Crippen LogP contribution in [0.25, 0.3) is 0 Å². The van der Waals surface area contributed by atoms with Gasteiger partial charge in [0.15, 0.2) is 0 Å². The predicted molar refractivity (Wildman–Crippen MR) is 36.7 cm³/mol. The zero-order valence-electron chi connectivity index (χ0n) is 6.16. The van der Waals surface area contributed by atoms with Gasteiger partial charge in [0, 0.05) is 0 Å². The van der Waals surface area contributed by atoms with Gasteiger partial charge in [0.05, 0.1) is 24.9 Å². The molecule has 1 fully saturated rings. The van der Waals surface area contributed by atoms with Crippen molar-refractivity contribution in [1.29, 1.82) is 0 Å². The molecule has 0 saturated carbocycles. The minimum Gasteiger partial charge on any atom is -0.394 e. The molecule has 3 nitrogen and oxygen atoms in total. The fourth-order valence-corrected chi connectivity index (χ4v) is 1.19. The molecule has 2 N–H and O–H groups in total. The van der Waals surface area contributed by atoms with E-state index in [0.717, 1.165) is 12.8 Å². The monoisotopic (exact) mass is 146 g/mol. The van der Waals surface area contributed by atoms with Crippen molar-refractivity contribution in [3.8, 4) is 0 Å². The molecule has 1 heterocycles. The molecule has 0 aliphatic carbocycles. The van der Waals surface area contributed by atoms with Gasteiger partial charge in [-0.2, -0.15) is 0 Å². The third-order valence-corrected chi connectivity index (χ3v) is 1.94. The second kappa shape index (κ2) is 3.32. The molecule has 1 aliphatic rings. The quantitative estimate of drug-likeness (QED) is 0.543. The Morgan fingerprint density at radius 1 is 1.50 bits per heavy atom. The molecule has 0 unspecified atom stereocenters. The highest BCUT2D eigenvalue weighted by molar-refractivity contribution is 4.74. The van der Waals surface area contributed by atoms with E-state index >= 15 is 0 Å². The summed E-state index contributed by atoms with van der Waals surface area (Å²) in [6.07, 6.45) is 0.987. The Morgan fingerprint density at radius 2 is 2.20 bits per heavy atom. The molecule has 0 spiro atoms. The van der Waals surface area contributed by atoms with E-state index in [1.54, 1.807) is 0 Å². The van der Waals surface area contributed by atoms with Crippen molar-refractivity contribution < 1.29 is 14.9 Å². The van der Waals surface area contributed by atoms with E-state index in [4.69, 9.17) is 9.84 Å². The molecular formula is C7H14O3. The van der Waals surface area contributed by atoms with Crippen molar-refractivity contribution in [2.45, 2.75) is 38.1 Å². The summed E-state index contributed by atoms with van der Waals surface area (Å²) in [5.74, 6) is 0. The minimum atomic E-state index is -0.345. The van der Waals surface area contributed by atoms with Crippen LogP contribution in [-0.2, 0) is 4.74 Å². The maximum atomic E-state index is 9.18. The van der Waals surface area contributed by atoms with E-state index in [2.05, 4.69) is 0 Å². The fourth-order valence-electron chi connectivity index (χ4n) is 1.19. The van der Waals surface area contributed by atoms with Gasteiger partial charge in [0.1, 0.15) is 0 Å². The Morgan fingerprint density at radius 3 is 2.70 bits per heavy atom. The molecule has 10 heavy (non-hydrogen) atoms. The molecule has 0 amide bonds. The second-order valence-corrected chi connectivity index (χ2v) is 2.79. The van der Waals surface area contributed by atoms with Crippen LogP contribution in [0.1, 0.15) is 19.8 Å². The molecule has 0 radical (unpaired) electrons. The van der Waals surface area contributed by atoms with Crippen LogP contribution in [0.5, 0.6) is 0 Å². The highest BCUT2D eigenvalue weighted by atomic mass is 16.5. The van der Waals surface area contributed by atoms with Gasteiger partial charge >= 0.3 is 0 Å². The van der Waals surface area contributed by atoms with Gasteiger partial charge in [-0.3, -0.25) is 0 Å². The summed E-state index contributed by atoms with van der Waals surface area (Å²) in [5.41, 5.74) is 0. The van der Waals surface area contributed by atoms with Crippen LogP contribution < -0.4 is 0 Å². The smallest absolute Gasteiger partial charge is 0.0811 e. The van der Waals surface area contributed by atoms with Crippen LogP contribution in [0.4, 0.5) is 0 Å². The van der Waals surface area contributed by atoms with Crippen molar-refractivity contribution in [1.82, 2.24) is 0 Å². The number of ether oxygens (including phenoxy) is 1. The van der Waals surface area contributed by atoms with E-state index in [1.807, 2.05) is 6.92 Å². The van der Waals surface area contributed by atoms with Gasteiger partial charge in [-0.25, -0.2) is 0 Å². The molecule has 1 aliphatic heterocycles. The van der Waals surface area contributed by atoms with Crippen molar-refractivity contribution in [3.05, 3.63) is 0 Å². The predicted octanol–water partition coefficient (Wildman–Crippen LogP) is -0.0929. The van der Waals surface area contributed by atoms with Crippen molar-refractivity contribution in [2.24, 2.45) is 0 Å². The number of aliphatic hydroxyl groups excluding tert-OH is 2. The van der Waals surface area contributed by atoms with Crippen LogP contribution in [0, 0.1) is 0 Å². The van der Waals surface area contributed by atoms with Gasteiger partial charge in [-0.15, -0.1) is 0 Å². The normalized spacial score (nSPS) is 41.7. The largest absolute Gasteiger partial charge is 0.394 e. The van der Waals surface area contributed by atoms with Gasteiger partial charge in [-0.1, -0.05) is 0 Å². The molecule has 1 rings (SSSR count). The van der Waals surface area contributed by atoms with Gasteiger partial charge in [0.25, 0.3) is 0 Å². The Labute approximate surface area is 60.6 Å². The highest BCUT2D eigenvalue weighted by Gasteiger charge is 2.25. The van der Waals surface area contributed by atoms with Crippen LogP contribution in [-0.4, -0.2) is 35.1 Å². The molecule has 60 valence electrons. The van der Waals surface area contributed by atoms with Gasteiger partial charge in [0.2, 0.25) is 0 Å². The topological polar surface area (TPSA) is 49.7 Å². The molecular weight excluding hydrogens is 132 g/mol. The molecule has 0 aromatic rings. The fraction of sp³-hybridized carbons (Fsp3) is 1.00. The van der Waals surface area contributed by atoms with Crippen molar-refractivity contribution in [2.75, 3.05) is 6.61 Å². The van der Waals surface area contributed by atoms with Crippen molar-refractivity contribution in [3.63, 3.8) is 0 Å². The third-order valence-electron chi connectivity index (χ3n) is 1.94.